The highest BCUT2D eigenvalue weighted by atomic mass is 16.1. The van der Waals surface area contributed by atoms with E-state index in [4.69, 9.17) is 0 Å². The van der Waals surface area contributed by atoms with Gasteiger partial charge in [0.1, 0.15) is 6.29 Å². The largest absolute Gasteiger partial charge is 0.341 e. The van der Waals surface area contributed by atoms with Gasteiger partial charge in [0.2, 0.25) is 0 Å². The van der Waals surface area contributed by atoms with Gasteiger partial charge in [-0.2, -0.15) is 0 Å². The normalized spacial score (nSPS) is 11.4. The number of aryl methyl sites for hydroxylation is 2. The average Bonchev–Trinajstić information content (AvgIpc) is 2.60. The number of rotatable bonds is 3. The number of aldehydes is 1. The molecule has 1 aromatic heterocycles. The van der Waals surface area contributed by atoms with E-state index in [1.165, 1.54) is 16.5 Å². The highest BCUT2D eigenvalue weighted by Crippen LogP contribution is 2.26. The maximum atomic E-state index is 10.4. The van der Waals surface area contributed by atoms with Gasteiger partial charge in [0.25, 0.3) is 0 Å². The summed E-state index contributed by atoms with van der Waals surface area (Å²) in [7, 11) is 0. The summed E-state index contributed by atoms with van der Waals surface area (Å²) >= 11 is 0. The molecule has 0 unspecified atom stereocenters. The second-order valence-corrected chi connectivity index (χ2v) is 3.77. The Morgan fingerprint density at radius 1 is 1.31 bits per heavy atom. The molecule has 0 atom stereocenters. The Labute approximate surface area is 95.2 Å². The van der Waals surface area contributed by atoms with Crippen molar-refractivity contribution >= 4 is 23.3 Å². The molecule has 0 saturated carbocycles. The van der Waals surface area contributed by atoms with Gasteiger partial charge in [-0.25, -0.2) is 0 Å². The Balaban J connectivity index is 2.76. The van der Waals surface area contributed by atoms with Crippen LogP contribution >= 0.6 is 0 Å². The predicted molar refractivity (Wildman–Crippen MR) is 67.4 cm³/mol. The van der Waals surface area contributed by atoms with Crippen LogP contribution in [0.25, 0.3) is 17.0 Å². The Morgan fingerprint density at radius 3 is 2.75 bits per heavy atom. The third-order valence-electron chi connectivity index (χ3n) is 2.92. The summed E-state index contributed by atoms with van der Waals surface area (Å²) in [5, 5.41) is 1.26. The van der Waals surface area contributed by atoms with E-state index >= 15 is 0 Å². The number of nitrogens with zero attached hydrogens (tertiary/aromatic N) is 1. The first-order valence-corrected chi connectivity index (χ1v) is 5.49. The van der Waals surface area contributed by atoms with Crippen LogP contribution in [-0.4, -0.2) is 10.9 Å². The number of carbonyl (C=O) groups is 1. The van der Waals surface area contributed by atoms with Crippen molar-refractivity contribution in [2.45, 2.75) is 20.4 Å². The number of aromatic nitrogens is 1. The molecule has 2 aromatic rings. The molecule has 0 radical (unpaired) electrons. The molecule has 0 spiro atoms. The van der Waals surface area contributed by atoms with E-state index in [0.717, 1.165) is 18.5 Å². The Morgan fingerprint density at radius 2 is 2.06 bits per heavy atom. The zero-order valence-electron chi connectivity index (χ0n) is 9.60. The predicted octanol–water partition coefficient (Wildman–Crippen LogP) is 3.18. The number of benzene rings is 1. The number of hydrogen-bond donors (Lipinski definition) is 0. The van der Waals surface area contributed by atoms with Crippen molar-refractivity contribution in [3.63, 3.8) is 0 Å². The molecule has 16 heavy (non-hydrogen) atoms. The third kappa shape index (κ3) is 1.56. The van der Waals surface area contributed by atoms with Gasteiger partial charge in [-0.15, -0.1) is 0 Å². The van der Waals surface area contributed by atoms with Crippen molar-refractivity contribution in [3.8, 4) is 0 Å². The van der Waals surface area contributed by atoms with Crippen molar-refractivity contribution in [1.82, 2.24) is 4.57 Å². The minimum Gasteiger partial charge on any atom is -0.341 e. The van der Waals surface area contributed by atoms with Crippen LogP contribution in [0.2, 0.25) is 0 Å². The smallest absolute Gasteiger partial charge is 0.142 e. The average molecular weight is 213 g/mol. The fourth-order valence-corrected chi connectivity index (χ4v) is 2.18. The molecule has 1 heterocycles. The van der Waals surface area contributed by atoms with Crippen molar-refractivity contribution in [2.24, 2.45) is 0 Å². The van der Waals surface area contributed by atoms with Crippen LogP contribution < -0.4 is 0 Å². The van der Waals surface area contributed by atoms with E-state index in [0.29, 0.717) is 0 Å². The van der Waals surface area contributed by atoms with Crippen LogP contribution in [0.15, 0.2) is 30.3 Å². The van der Waals surface area contributed by atoms with Gasteiger partial charge in [0.15, 0.2) is 0 Å². The van der Waals surface area contributed by atoms with Gasteiger partial charge in [-0.3, -0.25) is 4.79 Å². The Bertz CT molecular complexity index is 549. The van der Waals surface area contributed by atoms with Crippen molar-refractivity contribution < 1.29 is 4.79 Å². The van der Waals surface area contributed by atoms with Gasteiger partial charge in [-0.1, -0.05) is 18.2 Å². The number of hydrogen-bond acceptors (Lipinski definition) is 1. The number of para-hydroxylation sites is 1. The molecule has 0 N–H and O–H groups in total. The first-order valence-electron chi connectivity index (χ1n) is 5.49. The first-order chi connectivity index (χ1) is 7.79. The molecular formula is C14H15NO. The maximum absolute atomic E-state index is 10.4. The summed E-state index contributed by atoms with van der Waals surface area (Å²) in [6, 6.07) is 8.32. The summed E-state index contributed by atoms with van der Waals surface area (Å²) in [5.74, 6) is 0. The number of allylic oxidation sites excluding steroid dienone is 1. The summed E-state index contributed by atoms with van der Waals surface area (Å²) in [5.41, 5.74) is 3.58. The SMILES string of the molecule is CCn1c(/C=C/C=O)c(C)c2ccccc21. The Kier molecular flexibility index (Phi) is 2.91. The zero-order valence-corrected chi connectivity index (χ0v) is 9.60. The monoisotopic (exact) mass is 213 g/mol. The van der Waals surface area contributed by atoms with E-state index < -0.39 is 0 Å². The quantitative estimate of drug-likeness (QED) is 0.567. The van der Waals surface area contributed by atoms with E-state index in [1.807, 2.05) is 18.2 Å². The van der Waals surface area contributed by atoms with Gasteiger partial charge in [0, 0.05) is 23.1 Å². The van der Waals surface area contributed by atoms with Gasteiger partial charge >= 0.3 is 0 Å². The lowest BCUT2D eigenvalue weighted by molar-refractivity contribution is -0.104. The second kappa shape index (κ2) is 4.35. The minimum absolute atomic E-state index is 0.817. The van der Waals surface area contributed by atoms with Crippen molar-refractivity contribution in [2.75, 3.05) is 0 Å². The molecule has 2 rings (SSSR count). The molecule has 2 heteroatoms. The zero-order chi connectivity index (χ0) is 11.5. The van der Waals surface area contributed by atoms with Crippen LogP contribution in [0.4, 0.5) is 0 Å². The molecule has 82 valence electrons. The van der Waals surface area contributed by atoms with Crippen LogP contribution in [0.1, 0.15) is 18.2 Å². The van der Waals surface area contributed by atoms with Crippen LogP contribution in [-0.2, 0) is 11.3 Å². The summed E-state index contributed by atoms with van der Waals surface area (Å²) in [6.07, 6.45) is 4.25. The molecule has 1 aromatic carbocycles. The molecule has 0 aliphatic rings. The van der Waals surface area contributed by atoms with Crippen molar-refractivity contribution in [1.29, 1.82) is 0 Å². The van der Waals surface area contributed by atoms with Crippen LogP contribution in [0, 0.1) is 6.92 Å². The van der Waals surface area contributed by atoms with Crippen molar-refractivity contribution in [3.05, 3.63) is 41.6 Å². The molecule has 0 fully saturated rings. The lowest BCUT2D eigenvalue weighted by Gasteiger charge is -2.04. The first kappa shape index (κ1) is 10.7. The van der Waals surface area contributed by atoms with Gasteiger partial charge in [0.05, 0.1) is 0 Å². The molecule has 0 amide bonds. The molecule has 2 nitrogen and oxygen atoms in total. The summed E-state index contributed by atoms with van der Waals surface area (Å²) < 4.78 is 2.23. The van der Waals surface area contributed by atoms with Gasteiger partial charge in [-0.05, 0) is 37.6 Å². The molecular weight excluding hydrogens is 198 g/mol. The lowest BCUT2D eigenvalue weighted by Crippen LogP contribution is -1.96. The fraction of sp³-hybridized carbons (Fsp3) is 0.214. The molecule has 0 saturated heterocycles. The third-order valence-corrected chi connectivity index (χ3v) is 2.92. The molecule has 0 aliphatic heterocycles. The second-order valence-electron chi connectivity index (χ2n) is 3.77. The van der Waals surface area contributed by atoms with Crippen LogP contribution in [0.5, 0.6) is 0 Å². The highest BCUT2D eigenvalue weighted by Gasteiger charge is 2.09. The van der Waals surface area contributed by atoms with Gasteiger partial charge < -0.3 is 4.57 Å². The summed E-state index contributed by atoms with van der Waals surface area (Å²) in [6.45, 7) is 5.12. The fourth-order valence-electron chi connectivity index (χ4n) is 2.18. The van der Waals surface area contributed by atoms with E-state index in [2.05, 4.69) is 30.5 Å². The number of carbonyl (C=O) groups excluding carboxylic acids is 1. The van der Waals surface area contributed by atoms with Crippen LogP contribution in [0.3, 0.4) is 0 Å². The topological polar surface area (TPSA) is 22.0 Å². The molecule has 0 aliphatic carbocycles. The number of fused-ring (bicyclic) bond motifs is 1. The Hall–Kier alpha value is -1.83. The minimum atomic E-state index is 0.817. The van der Waals surface area contributed by atoms with E-state index in [1.54, 1.807) is 6.08 Å². The molecule has 0 bridgehead atoms. The lowest BCUT2D eigenvalue weighted by atomic mass is 10.1. The highest BCUT2D eigenvalue weighted by molar-refractivity contribution is 5.89. The van der Waals surface area contributed by atoms with E-state index in [-0.39, 0.29) is 0 Å². The standard InChI is InChI=1S/C14H15NO/c1-3-15-13(9-6-10-16)11(2)12-7-4-5-8-14(12)15/h4-10H,3H2,1-2H3/b9-6+. The maximum Gasteiger partial charge on any atom is 0.142 e. The summed E-state index contributed by atoms with van der Waals surface area (Å²) in [4.78, 5) is 10.4. The van der Waals surface area contributed by atoms with E-state index in [9.17, 15) is 4.79 Å².